The second-order valence-electron chi connectivity index (χ2n) is 6.36. The van der Waals surface area contributed by atoms with Crippen molar-refractivity contribution in [1.82, 2.24) is 0 Å². The maximum absolute atomic E-state index is 11.8. The standard InChI is InChI=1S/C15H19ClO5/c1-6-3-9(17)11-7(2)14(19)21-13(11)12-8(6)4-10(18)15(12,20)5-16/h8-13,17-18,20H,1-5H2/t8-,9-,10+,11+,12-,13-,15+/m0/s1. The first-order valence-corrected chi connectivity index (χ1v) is 7.56. The number of halogens is 1. The molecule has 0 radical (unpaired) electrons. The average molecular weight is 315 g/mol. The highest BCUT2D eigenvalue weighted by atomic mass is 35.5. The highest BCUT2D eigenvalue weighted by Gasteiger charge is 2.63. The number of hydrogen-bond donors (Lipinski definition) is 3. The van der Waals surface area contributed by atoms with Crippen molar-refractivity contribution in [2.24, 2.45) is 17.8 Å². The van der Waals surface area contributed by atoms with Crippen LogP contribution < -0.4 is 0 Å². The fraction of sp³-hybridized carbons (Fsp3) is 0.667. The van der Waals surface area contributed by atoms with Gasteiger partial charge in [0.15, 0.2) is 0 Å². The lowest BCUT2D eigenvalue weighted by atomic mass is 9.76. The molecule has 3 fully saturated rings. The number of alkyl halides is 1. The Hall–Kier alpha value is -0.880. The lowest BCUT2D eigenvalue weighted by Crippen LogP contribution is -2.52. The number of rotatable bonds is 1. The summed E-state index contributed by atoms with van der Waals surface area (Å²) in [5, 5.41) is 31.3. The number of ether oxygens (including phenoxy) is 1. The van der Waals surface area contributed by atoms with Crippen molar-refractivity contribution in [1.29, 1.82) is 0 Å². The normalized spacial score (nSPS) is 49.6. The van der Waals surface area contributed by atoms with Gasteiger partial charge in [0.25, 0.3) is 0 Å². The van der Waals surface area contributed by atoms with E-state index in [0.29, 0.717) is 12.8 Å². The maximum atomic E-state index is 11.8. The van der Waals surface area contributed by atoms with Crippen LogP contribution in [-0.2, 0) is 9.53 Å². The maximum Gasteiger partial charge on any atom is 0.334 e. The molecule has 21 heavy (non-hydrogen) atoms. The summed E-state index contributed by atoms with van der Waals surface area (Å²) in [5.74, 6) is -2.15. The molecule has 2 saturated carbocycles. The highest BCUT2D eigenvalue weighted by Crippen LogP contribution is 2.54. The third-order valence-corrected chi connectivity index (χ3v) is 5.73. The minimum Gasteiger partial charge on any atom is -0.458 e. The summed E-state index contributed by atoms with van der Waals surface area (Å²) >= 11 is 5.90. The summed E-state index contributed by atoms with van der Waals surface area (Å²) in [5.41, 5.74) is -0.613. The van der Waals surface area contributed by atoms with E-state index < -0.39 is 41.7 Å². The Morgan fingerprint density at radius 1 is 1.38 bits per heavy atom. The molecule has 0 spiro atoms. The second kappa shape index (κ2) is 4.81. The second-order valence-corrected chi connectivity index (χ2v) is 6.63. The molecular formula is C15H19ClO5. The Morgan fingerprint density at radius 3 is 2.67 bits per heavy atom. The molecule has 3 aliphatic rings. The van der Waals surface area contributed by atoms with Crippen LogP contribution in [0.1, 0.15) is 12.8 Å². The largest absolute Gasteiger partial charge is 0.458 e. The minimum atomic E-state index is -1.56. The summed E-state index contributed by atoms with van der Waals surface area (Å²) in [6, 6.07) is 0. The van der Waals surface area contributed by atoms with E-state index in [0.717, 1.165) is 5.57 Å². The highest BCUT2D eigenvalue weighted by molar-refractivity contribution is 6.18. The predicted molar refractivity (Wildman–Crippen MR) is 75.5 cm³/mol. The van der Waals surface area contributed by atoms with Crippen LogP contribution in [0, 0.1) is 17.8 Å². The van der Waals surface area contributed by atoms with Gasteiger partial charge in [-0.1, -0.05) is 18.7 Å². The van der Waals surface area contributed by atoms with Crippen molar-refractivity contribution < 1.29 is 24.9 Å². The van der Waals surface area contributed by atoms with Gasteiger partial charge in [-0.15, -0.1) is 11.6 Å². The zero-order valence-corrected chi connectivity index (χ0v) is 12.3. The van der Waals surface area contributed by atoms with Gasteiger partial charge in [0.1, 0.15) is 11.7 Å². The van der Waals surface area contributed by atoms with Crippen molar-refractivity contribution in [3.8, 4) is 0 Å². The molecule has 2 aliphatic carbocycles. The third-order valence-electron chi connectivity index (χ3n) is 5.30. The Balaban J connectivity index is 2.09. The van der Waals surface area contributed by atoms with Crippen LogP contribution in [0.25, 0.3) is 0 Å². The van der Waals surface area contributed by atoms with E-state index in [9.17, 15) is 20.1 Å². The Labute approximate surface area is 127 Å². The predicted octanol–water partition coefficient (Wildman–Crippen LogP) is 0.372. The summed E-state index contributed by atoms with van der Waals surface area (Å²) in [6.07, 6.45) is -1.98. The molecule has 3 N–H and O–H groups in total. The molecule has 0 amide bonds. The fourth-order valence-electron chi connectivity index (χ4n) is 4.18. The monoisotopic (exact) mass is 314 g/mol. The van der Waals surface area contributed by atoms with E-state index in [2.05, 4.69) is 13.2 Å². The molecule has 5 nitrogen and oxygen atoms in total. The smallest absolute Gasteiger partial charge is 0.334 e. The van der Waals surface area contributed by atoms with Crippen LogP contribution in [0.4, 0.5) is 0 Å². The molecule has 0 bridgehead atoms. The van der Waals surface area contributed by atoms with Gasteiger partial charge in [0.2, 0.25) is 0 Å². The van der Waals surface area contributed by atoms with Crippen LogP contribution in [0.2, 0.25) is 0 Å². The molecule has 116 valence electrons. The van der Waals surface area contributed by atoms with E-state index in [1.807, 2.05) is 0 Å². The molecule has 6 heteroatoms. The van der Waals surface area contributed by atoms with Crippen LogP contribution in [0.5, 0.6) is 0 Å². The van der Waals surface area contributed by atoms with Gasteiger partial charge in [0, 0.05) is 11.5 Å². The fourth-order valence-corrected chi connectivity index (χ4v) is 4.53. The quantitative estimate of drug-likeness (QED) is 0.282. The Morgan fingerprint density at radius 2 is 2.05 bits per heavy atom. The molecule has 1 heterocycles. The minimum absolute atomic E-state index is 0.175. The first-order valence-electron chi connectivity index (χ1n) is 7.03. The molecule has 1 saturated heterocycles. The lowest BCUT2D eigenvalue weighted by Gasteiger charge is -2.36. The van der Waals surface area contributed by atoms with Gasteiger partial charge in [-0.05, 0) is 18.8 Å². The molecule has 0 unspecified atom stereocenters. The number of carbonyl (C=O) groups is 1. The van der Waals surface area contributed by atoms with Gasteiger partial charge in [-0.2, -0.15) is 0 Å². The van der Waals surface area contributed by atoms with E-state index in [-0.39, 0.29) is 17.4 Å². The Kier molecular flexibility index (Phi) is 3.44. The average Bonchev–Trinajstić information content (AvgIpc) is 2.82. The topological polar surface area (TPSA) is 87.0 Å². The lowest BCUT2D eigenvalue weighted by molar-refractivity contribution is -0.151. The molecule has 7 atom stereocenters. The summed E-state index contributed by atoms with van der Waals surface area (Å²) in [4.78, 5) is 11.8. The molecule has 1 aliphatic heterocycles. The van der Waals surface area contributed by atoms with Crippen molar-refractivity contribution in [2.45, 2.75) is 36.8 Å². The summed E-state index contributed by atoms with van der Waals surface area (Å²) in [7, 11) is 0. The van der Waals surface area contributed by atoms with Crippen molar-refractivity contribution in [3.63, 3.8) is 0 Å². The van der Waals surface area contributed by atoms with E-state index in [1.165, 1.54) is 0 Å². The van der Waals surface area contributed by atoms with E-state index in [1.54, 1.807) is 0 Å². The Bertz CT molecular complexity index is 518. The van der Waals surface area contributed by atoms with Crippen molar-refractivity contribution in [2.75, 3.05) is 5.88 Å². The number of fused-ring (bicyclic) bond motifs is 3. The zero-order valence-electron chi connectivity index (χ0n) is 11.5. The number of aliphatic hydroxyl groups excluding tert-OH is 2. The number of aliphatic hydroxyl groups is 3. The zero-order chi connectivity index (χ0) is 15.5. The summed E-state index contributed by atoms with van der Waals surface area (Å²) in [6.45, 7) is 7.68. The third kappa shape index (κ3) is 1.91. The van der Waals surface area contributed by atoms with E-state index >= 15 is 0 Å². The SMILES string of the molecule is C=C1C(=O)O[C@H]2[C@H]1[C@@H](O)CC(=C)[C@@H]1C[C@@H](O)[C@](O)(CCl)[C@H]21. The van der Waals surface area contributed by atoms with Crippen LogP contribution in [-0.4, -0.2) is 51.1 Å². The molecule has 3 rings (SSSR count). The van der Waals surface area contributed by atoms with Gasteiger partial charge >= 0.3 is 5.97 Å². The van der Waals surface area contributed by atoms with Gasteiger partial charge in [0.05, 0.1) is 24.0 Å². The van der Waals surface area contributed by atoms with E-state index in [4.69, 9.17) is 16.3 Å². The molecule has 0 aromatic heterocycles. The van der Waals surface area contributed by atoms with Crippen LogP contribution in [0.15, 0.2) is 24.3 Å². The number of esters is 1. The van der Waals surface area contributed by atoms with Gasteiger partial charge in [-0.3, -0.25) is 0 Å². The van der Waals surface area contributed by atoms with Gasteiger partial charge in [-0.25, -0.2) is 4.79 Å². The van der Waals surface area contributed by atoms with Crippen molar-refractivity contribution >= 4 is 17.6 Å². The van der Waals surface area contributed by atoms with Crippen LogP contribution >= 0.6 is 11.6 Å². The first kappa shape index (κ1) is 15.0. The van der Waals surface area contributed by atoms with Gasteiger partial charge < -0.3 is 20.1 Å². The van der Waals surface area contributed by atoms with Crippen molar-refractivity contribution in [3.05, 3.63) is 24.3 Å². The molecular weight excluding hydrogens is 296 g/mol. The first-order chi connectivity index (χ1) is 9.81. The number of hydrogen-bond acceptors (Lipinski definition) is 5. The molecule has 0 aromatic carbocycles. The van der Waals surface area contributed by atoms with Crippen LogP contribution in [0.3, 0.4) is 0 Å². The summed E-state index contributed by atoms with van der Waals surface area (Å²) < 4.78 is 5.37. The molecule has 0 aromatic rings. The number of carbonyl (C=O) groups excluding carboxylic acids is 1.